The van der Waals surface area contributed by atoms with Crippen molar-refractivity contribution in [3.05, 3.63) is 29.8 Å². The van der Waals surface area contributed by atoms with Gasteiger partial charge in [0, 0.05) is 38.9 Å². The molecule has 2 aliphatic rings. The second-order valence-electron chi connectivity index (χ2n) is 6.56. The van der Waals surface area contributed by atoms with Crippen LogP contribution in [0.3, 0.4) is 0 Å². The number of nitrogens with zero attached hydrogens (tertiary/aromatic N) is 2. The summed E-state index contributed by atoms with van der Waals surface area (Å²) < 4.78 is 10.7. The predicted octanol–water partition coefficient (Wildman–Crippen LogP) is 1.87. The smallest absolute Gasteiger partial charge is 0.317 e. The zero-order chi connectivity index (χ0) is 16.9. The molecule has 1 unspecified atom stereocenters. The Morgan fingerprint density at radius 2 is 2.08 bits per heavy atom. The van der Waals surface area contributed by atoms with Crippen LogP contribution >= 0.6 is 0 Å². The highest BCUT2D eigenvalue weighted by Crippen LogP contribution is 2.26. The van der Waals surface area contributed by atoms with E-state index in [1.54, 1.807) is 7.11 Å². The standard InChI is InChI=1S/C18H27N3O3/c1-20-8-9-21(18(22)19-15-6-10-24-11-7-15)13-17(20)14-4-3-5-16(12-14)23-2/h3-5,12,15,17H,6-11,13H2,1-2H3,(H,19,22). The average molecular weight is 333 g/mol. The number of piperazine rings is 1. The number of hydrogen-bond acceptors (Lipinski definition) is 4. The van der Waals surface area contributed by atoms with E-state index in [1.165, 1.54) is 5.56 Å². The molecule has 0 spiro atoms. The highest BCUT2D eigenvalue weighted by atomic mass is 16.5. The first kappa shape index (κ1) is 17.0. The Hall–Kier alpha value is -1.79. The number of ether oxygens (including phenoxy) is 2. The van der Waals surface area contributed by atoms with Crippen molar-refractivity contribution in [2.75, 3.05) is 47.0 Å². The molecule has 132 valence electrons. The summed E-state index contributed by atoms with van der Waals surface area (Å²) in [5.74, 6) is 0.852. The maximum Gasteiger partial charge on any atom is 0.317 e. The molecule has 1 N–H and O–H groups in total. The molecule has 2 heterocycles. The van der Waals surface area contributed by atoms with Gasteiger partial charge in [0.2, 0.25) is 0 Å². The normalized spacial score (nSPS) is 23.1. The van der Waals surface area contributed by atoms with Crippen molar-refractivity contribution >= 4 is 6.03 Å². The average Bonchev–Trinajstić information content (AvgIpc) is 2.63. The highest BCUT2D eigenvalue weighted by molar-refractivity contribution is 5.74. The van der Waals surface area contributed by atoms with Gasteiger partial charge in [0.1, 0.15) is 5.75 Å². The van der Waals surface area contributed by atoms with Crippen molar-refractivity contribution in [1.82, 2.24) is 15.1 Å². The minimum absolute atomic E-state index is 0.0443. The van der Waals surface area contributed by atoms with Gasteiger partial charge in [-0.1, -0.05) is 12.1 Å². The third kappa shape index (κ3) is 3.99. The van der Waals surface area contributed by atoms with Gasteiger partial charge in [-0.2, -0.15) is 0 Å². The van der Waals surface area contributed by atoms with Gasteiger partial charge >= 0.3 is 6.03 Å². The fourth-order valence-corrected chi connectivity index (χ4v) is 3.37. The SMILES string of the molecule is COc1cccc(C2CN(C(=O)NC3CCOCC3)CCN2C)c1. The number of carbonyl (C=O) groups excluding carboxylic acids is 1. The number of rotatable bonds is 3. The van der Waals surface area contributed by atoms with Crippen LogP contribution in [0.25, 0.3) is 0 Å². The molecule has 2 amide bonds. The Kier molecular flexibility index (Phi) is 5.58. The largest absolute Gasteiger partial charge is 0.497 e. The lowest BCUT2D eigenvalue weighted by Crippen LogP contribution is -2.54. The number of hydrogen-bond donors (Lipinski definition) is 1. The molecule has 1 aromatic carbocycles. The van der Waals surface area contributed by atoms with E-state index in [2.05, 4.69) is 29.4 Å². The number of likely N-dealkylation sites (N-methyl/N-ethyl adjacent to an activating group) is 1. The van der Waals surface area contributed by atoms with Gasteiger partial charge in [-0.25, -0.2) is 4.79 Å². The zero-order valence-electron chi connectivity index (χ0n) is 14.5. The minimum atomic E-state index is 0.0443. The quantitative estimate of drug-likeness (QED) is 0.917. The summed E-state index contributed by atoms with van der Waals surface area (Å²) in [7, 11) is 3.79. The number of amides is 2. The molecule has 2 saturated heterocycles. The Morgan fingerprint density at radius 1 is 1.29 bits per heavy atom. The summed E-state index contributed by atoms with van der Waals surface area (Å²) in [5.41, 5.74) is 1.18. The topological polar surface area (TPSA) is 54.0 Å². The number of carbonyl (C=O) groups is 1. The summed E-state index contributed by atoms with van der Waals surface area (Å²) in [6, 6.07) is 8.58. The van der Waals surface area contributed by atoms with Crippen LogP contribution < -0.4 is 10.1 Å². The fraction of sp³-hybridized carbons (Fsp3) is 0.611. The molecule has 2 fully saturated rings. The van der Waals surface area contributed by atoms with E-state index in [0.717, 1.165) is 44.9 Å². The molecule has 1 atom stereocenters. The fourth-order valence-electron chi connectivity index (χ4n) is 3.37. The molecule has 2 aliphatic heterocycles. The van der Waals surface area contributed by atoms with Gasteiger partial charge in [0.25, 0.3) is 0 Å². The van der Waals surface area contributed by atoms with E-state index in [9.17, 15) is 4.79 Å². The van der Waals surface area contributed by atoms with Crippen molar-refractivity contribution in [3.8, 4) is 5.75 Å². The number of benzene rings is 1. The van der Waals surface area contributed by atoms with Gasteiger partial charge in [0.05, 0.1) is 13.2 Å². The van der Waals surface area contributed by atoms with E-state index < -0.39 is 0 Å². The number of urea groups is 1. The second-order valence-corrected chi connectivity index (χ2v) is 6.56. The third-order valence-electron chi connectivity index (χ3n) is 4.96. The van der Waals surface area contributed by atoms with Crippen molar-refractivity contribution in [1.29, 1.82) is 0 Å². The summed E-state index contributed by atoms with van der Waals surface area (Å²) in [5, 5.41) is 3.16. The van der Waals surface area contributed by atoms with Crippen LogP contribution in [0.1, 0.15) is 24.4 Å². The van der Waals surface area contributed by atoms with Gasteiger partial charge in [0.15, 0.2) is 0 Å². The lowest BCUT2D eigenvalue weighted by Gasteiger charge is -2.40. The Labute approximate surface area is 143 Å². The summed E-state index contributed by atoms with van der Waals surface area (Å²) >= 11 is 0. The predicted molar refractivity (Wildman–Crippen MR) is 92.3 cm³/mol. The van der Waals surface area contributed by atoms with E-state index in [-0.39, 0.29) is 18.1 Å². The van der Waals surface area contributed by atoms with Gasteiger partial charge in [-0.3, -0.25) is 4.90 Å². The zero-order valence-corrected chi connectivity index (χ0v) is 14.5. The Morgan fingerprint density at radius 3 is 2.83 bits per heavy atom. The van der Waals surface area contributed by atoms with Crippen LogP contribution in [0.15, 0.2) is 24.3 Å². The van der Waals surface area contributed by atoms with Gasteiger partial charge < -0.3 is 19.7 Å². The molecule has 0 saturated carbocycles. The van der Waals surface area contributed by atoms with Crippen molar-refractivity contribution in [2.24, 2.45) is 0 Å². The summed E-state index contributed by atoms with van der Waals surface area (Å²) in [4.78, 5) is 16.8. The van der Waals surface area contributed by atoms with Crippen LogP contribution in [0.2, 0.25) is 0 Å². The first-order valence-corrected chi connectivity index (χ1v) is 8.65. The molecular formula is C18H27N3O3. The second kappa shape index (κ2) is 7.85. The van der Waals surface area contributed by atoms with Crippen LogP contribution in [-0.4, -0.2) is 68.9 Å². The molecule has 6 nitrogen and oxygen atoms in total. The monoisotopic (exact) mass is 333 g/mol. The molecule has 3 rings (SSSR count). The summed E-state index contributed by atoms with van der Waals surface area (Å²) in [6.07, 6.45) is 1.80. The molecule has 0 radical (unpaired) electrons. The van der Waals surface area contributed by atoms with Crippen LogP contribution in [0, 0.1) is 0 Å². The van der Waals surface area contributed by atoms with E-state index in [1.807, 2.05) is 17.0 Å². The molecule has 1 aromatic rings. The molecule has 24 heavy (non-hydrogen) atoms. The highest BCUT2D eigenvalue weighted by Gasteiger charge is 2.29. The van der Waals surface area contributed by atoms with Crippen molar-refractivity contribution < 1.29 is 14.3 Å². The van der Waals surface area contributed by atoms with Crippen LogP contribution in [-0.2, 0) is 4.74 Å². The third-order valence-corrected chi connectivity index (χ3v) is 4.96. The maximum absolute atomic E-state index is 12.6. The van der Waals surface area contributed by atoms with Gasteiger partial charge in [-0.15, -0.1) is 0 Å². The first-order chi connectivity index (χ1) is 11.7. The lowest BCUT2D eigenvalue weighted by molar-refractivity contribution is 0.0732. The van der Waals surface area contributed by atoms with E-state index in [4.69, 9.17) is 9.47 Å². The Bertz CT molecular complexity index is 560. The van der Waals surface area contributed by atoms with Gasteiger partial charge in [-0.05, 0) is 37.6 Å². The van der Waals surface area contributed by atoms with E-state index in [0.29, 0.717) is 6.54 Å². The van der Waals surface area contributed by atoms with Crippen molar-refractivity contribution in [2.45, 2.75) is 24.9 Å². The Balaban J connectivity index is 1.64. The molecular weight excluding hydrogens is 306 g/mol. The molecule has 0 aliphatic carbocycles. The number of methoxy groups -OCH3 is 1. The van der Waals surface area contributed by atoms with Crippen molar-refractivity contribution in [3.63, 3.8) is 0 Å². The summed E-state index contributed by atoms with van der Waals surface area (Å²) in [6.45, 7) is 3.79. The molecule has 0 aromatic heterocycles. The first-order valence-electron chi connectivity index (χ1n) is 8.65. The maximum atomic E-state index is 12.6. The number of nitrogens with one attached hydrogen (secondary N) is 1. The molecule has 6 heteroatoms. The van der Waals surface area contributed by atoms with Crippen LogP contribution in [0.5, 0.6) is 5.75 Å². The van der Waals surface area contributed by atoms with E-state index >= 15 is 0 Å². The minimum Gasteiger partial charge on any atom is -0.497 e. The van der Waals surface area contributed by atoms with Crippen LogP contribution in [0.4, 0.5) is 4.79 Å². The molecule has 0 bridgehead atoms. The lowest BCUT2D eigenvalue weighted by atomic mass is 10.0.